The van der Waals surface area contributed by atoms with E-state index < -0.39 is 12.0 Å². The fourth-order valence-corrected chi connectivity index (χ4v) is 2.10. The zero-order valence-corrected chi connectivity index (χ0v) is 11.7. The number of amides is 1. The third-order valence-corrected chi connectivity index (χ3v) is 3.10. The van der Waals surface area contributed by atoms with Gasteiger partial charge in [-0.2, -0.15) is 0 Å². The SMILES string of the molecule is CCCCNC(=O)CN1CCCCC1C(=O)O.Cl. The second-order valence-corrected chi connectivity index (χ2v) is 4.52. The molecule has 1 saturated heterocycles. The molecule has 1 fully saturated rings. The zero-order valence-electron chi connectivity index (χ0n) is 10.9. The minimum Gasteiger partial charge on any atom is -0.480 e. The summed E-state index contributed by atoms with van der Waals surface area (Å²) in [5, 5.41) is 11.9. The number of hydrogen-bond donors (Lipinski definition) is 2. The van der Waals surface area contributed by atoms with Crippen LogP contribution in [-0.4, -0.2) is 47.6 Å². The fourth-order valence-electron chi connectivity index (χ4n) is 2.10. The number of carboxylic acid groups (broad SMARTS) is 1. The molecule has 0 saturated carbocycles. The van der Waals surface area contributed by atoms with Crippen LogP contribution in [0.1, 0.15) is 39.0 Å². The van der Waals surface area contributed by atoms with E-state index in [4.69, 9.17) is 5.11 Å². The molecule has 106 valence electrons. The van der Waals surface area contributed by atoms with Crippen molar-refractivity contribution in [3.05, 3.63) is 0 Å². The Morgan fingerprint density at radius 1 is 1.39 bits per heavy atom. The van der Waals surface area contributed by atoms with Gasteiger partial charge >= 0.3 is 5.97 Å². The summed E-state index contributed by atoms with van der Waals surface area (Å²) in [6.07, 6.45) is 4.57. The van der Waals surface area contributed by atoms with Gasteiger partial charge in [-0.3, -0.25) is 14.5 Å². The molecule has 2 N–H and O–H groups in total. The number of nitrogens with zero attached hydrogens (tertiary/aromatic N) is 1. The largest absolute Gasteiger partial charge is 0.480 e. The number of carbonyl (C=O) groups excluding carboxylic acids is 1. The molecule has 1 heterocycles. The maximum Gasteiger partial charge on any atom is 0.320 e. The molecule has 1 amide bonds. The number of nitrogens with one attached hydrogen (secondary N) is 1. The molecule has 0 aromatic rings. The van der Waals surface area contributed by atoms with Crippen LogP contribution in [0.2, 0.25) is 0 Å². The van der Waals surface area contributed by atoms with Gasteiger partial charge in [-0.15, -0.1) is 12.4 Å². The van der Waals surface area contributed by atoms with E-state index >= 15 is 0 Å². The van der Waals surface area contributed by atoms with Gasteiger partial charge in [-0.1, -0.05) is 19.8 Å². The molecule has 0 aromatic heterocycles. The summed E-state index contributed by atoms with van der Waals surface area (Å²) in [6.45, 7) is 3.66. The number of piperidine rings is 1. The Balaban J connectivity index is 0.00000289. The second-order valence-electron chi connectivity index (χ2n) is 4.52. The Bertz CT molecular complexity index is 274. The molecule has 0 aromatic carbocycles. The lowest BCUT2D eigenvalue weighted by Gasteiger charge is -2.32. The molecule has 0 aliphatic carbocycles. The Morgan fingerprint density at radius 2 is 2.11 bits per heavy atom. The van der Waals surface area contributed by atoms with Crippen molar-refractivity contribution in [1.82, 2.24) is 10.2 Å². The zero-order chi connectivity index (χ0) is 12.7. The molecule has 0 bridgehead atoms. The Hall–Kier alpha value is -0.810. The van der Waals surface area contributed by atoms with E-state index in [9.17, 15) is 9.59 Å². The molecule has 1 rings (SSSR count). The van der Waals surface area contributed by atoms with Crippen molar-refractivity contribution in [2.24, 2.45) is 0 Å². The second kappa shape index (κ2) is 9.16. The van der Waals surface area contributed by atoms with Crippen molar-refractivity contribution in [3.8, 4) is 0 Å². The van der Waals surface area contributed by atoms with Crippen LogP contribution in [0.5, 0.6) is 0 Å². The molecule has 6 heteroatoms. The van der Waals surface area contributed by atoms with Gasteiger partial charge in [0.05, 0.1) is 6.54 Å². The van der Waals surface area contributed by atoms with Crippen LogP contribution in [0.3, 0.4) is 0 Å². The maximum absolute atomic E-state index is 11.6. The third-order valence-electron chi connectivity index (χ3n) is 3.10. The van der Waals surface area contributed by atoms with E-state index in [0.717, 1.165) is 25.7 Å². The van der Waals surface area contributed by atoms with Gasteiger partial charge in [0.15, 0.2) is 0 Å². The Morgan fingerprint density at radius 3 is 2.72 bits per heavy atom. The van der Waals surface area contributed by atoms with Crippen molar-refractivity contribution < 1.29 is 14.7 Å². The first-order valence-electron chi connectivity index (χ1n) is 6.38. The van der Waals surface area contributed by atoms with Gasteiger partial charge in [0.25, 0.3) is 0 Å². The molecule has 1 aliphatic rings. The minimum atomic E-state index is -0.814. The van der Waals surface area contributed by atoms with Crippen LogP contribution < -0.4 is 5.32 Å². The maximum atomic E-state index is 11.6. The topological polar surface area (TPSA) is 69.6 Å². The summed E-state index contributed by atoms with van der Waals surface area (Å²) in [5.41, 5.74) is 0. The average Bonchev–Trinajstić information content (AvgIpc) is 2.29. The van der Waals surface area contributed by atoms with Gasteiger partial charge < -0.3 is 10.4 Å². The molecular weight excluding hydrogens is 256 g/mol. The molecule has 0 spiro atoms. The third kappa shape index (κ3) is 5.69. The van der Waals surface area contributed by atoms with E-state index in [0.29, 0.717) is 19.5 Å². The molecule has 1 aliphatic heterocycles. The summed E-state index contributed by atoms with van der Waals surface area (Å²) in [7, 11) is 0. The highest BCUT2D eigenvalue weighted by Gasteiger charge is 2.29. The number of hydrogen-bond acceptors (Lipinski definition) is 3. The summed E-state index contributed by atoms with van der Waals surface area (Å²) >= 11 is 0. The molecule has 0 radical (unpaired) electrons. The summed E-state index contributed by atoms with van der Waals surface area (Å²) in [4.78, 5) is 24.4. The van der Waals surface area contributed by atoms with E-state index in [1.165, 1.54) is 0 Å². The predicted octanol–water partition coefficient (Wildman–Crippen LogP) is 1.26. The van der Waals surface area contributed by atoms with Gasteiger partial charge in [0.2, 0.25) is 5.91 Å². The Kier molecular flexibility index (Phi) is 8.75. The molecule has 1 atom stereocenters. The van der Waals surface area contributed by atoms with Crippen molar-refractivity contribution >= 4 is 24.3 Å². The molecule has 1 unspecified atom stereocenters. The van der Waals surface area contributed by atoms with Gasteiger partial charge in [-0.05, 0) is 25.8 Å². The monoisotopic (exact) mass is 278 g/mol. The lowest BCUT2D eigenvalue weighted by molar-refractivity contribution is -0.145. The highest BCUT2D eigenvalue weighted by Crippen LogP contribution is 2.16. The number of halogens is 1. The van der Waals surface area contributed by atoms with Crippen LogP contribution in [0.4, 0.5) is 0 Å². The number of likely N-dealkylation sites (tertiary alicyclic amines) is 1. The van der Waals surface area contributed by atoms with Crippen molar-refractivity contribution in [2.45, 2.75) is 45.1 Å². The first-order chi connectivity index (χ1) is 8.15. The van der Waals surface area contributed by atoms with Gasteiger partial charge in [-0.25, -0.2) is 0 Å². The van der Waals surface area contributed by atoms with Gasteiger partial charge in [0.1, 0.15) is 6.04 Å². The van der Waals surface area contributed by atoms with Gasteiger partial charge in [0, 0.05) is 6.54 Å². The highest BCUT2D eigenvalue weighted by molar-refractivity contribution is 5.85. The highest BCUT2D eigenvalue weighted by atomic mass is 35.5. The first-order valence-corrected chi connectivity index (χ1v) is 6.38. The van der Waals surface area contributed by atoms with Crippen LogP contribution in [0.15, 0.2) is 0 Å². The van der Waals surface area contributed by atoms with Crippen LogP contribution in [-0.2, 0) is 9.59 Å². The van der Waals surface area contributed by atoms with E-state index in [1.807, 2.05) is 0 Å². The van der Waals surface area contributed by atoms with Crippen LogP contribution in [0.25, 0.3) is 0 Å². The predicted molar refractivity (Wildman–Crippen MR) is 72.0 cm³/mol. The number of rotatable bonds is 6. The smallest absolute Gasteiger partial charge is 0.320 e. The molecule has 5 nitrogen and oxygen atoms in total. The summed E-state index contributed by atoms with van der Waals surface area (Å²) in [6, 6.07) is -0.485. The summed E-state index contributed by atoms with van der Waals surface area (Å²) in [5.74, 6) is -0.877. The number of unbranched alkanes of at least 4 members (excludes halogenated alkanes) is 1. The fraction of sp³-hybridized carbons (Fsp3) is 0.833. The van der Waals surface area contributed by atoms with Crippen molar-refractivity contribution in [1.29, 1.82) is 0 Å². The van der Waals surface area contributed by atoms with E-state index in [-0.39, 0.29) is 24.9 Å². The Labute approximate surface area is 114 Å². The van der Waals surface area contributed by atoms with E-state index in [2.05, 4.69) is 12.2 Å². The summed E-state index contributed by atoms with van der Waals surface area (Å²) < 4.78 is 0. The number of aliphatic carboxylic acids is 1. The van der Waals surface area contributed by atoms with Crippen LogP contribution >= 0.6 is 12.4 Å². The normalized spacial score (nSPS) is 19.9. The van der Waals surface area contributed by atoms with Crippen LogP contribution in [0, 0.1) is 0 Å². The minimum absolute atomic E-state index is 0. The average molecular weight is 279 g/mol. The molecular formula is C12H23ClN2O3. The van der Waals surface area contributed by atoms with Crippen molar-refractivity contribution in [3.63, 3.8) is 0 Å². The first kappa shape index (κ1) is 17.2. The quantitative estimate of drug-likeness (QED) is 0.718. The number of carboxylic acids is 1. The lowest BCUT2D eigenvalue weighted by Crippen LogP contribution is -2.49. The van der Waals surface area contributed by atoms with E-state index in [1.54, 1.807) is 4.90 Å². The lowest BCUT2D eigenvalue weighted by atomic mass is 10.0. The number of carbonyl (C=O) groups is 2. The molecule has 18 heavy (non-hydrogen) atoms. The standard InChI is InChI=1S/C12H22N2O3.ClH/c1-2-3-7-13-11(15)9-14-8-5-4-6-10(14)12(16)17;/h10H,2-9H2,1H3,(H,13,15)(H,16,17);1H. The van der Waals surface area contributed by atoms with Crippen molar-refractivity contribution in [2.75, 3.05) is 19.6 Å².